The molecule has 1 fully saturated rings. The van der Waals surface area contributed by atoms with Gasteiger partial charge in [-0.3, -0.25) is 24.3 Å². The molecule has 0 radical (unpaired) electrons. The van der Waals surface area contributed by atoms with Crippen LogP contribution in [0.2, 0.25) is 0 Å². The molecule has 0 saturated carbocycles. The van der Waals surface area contributed by atoms with Crippen LogP contribution in [0, 0.1) is 5.92 Å². The van der Waals surface area contributed by atoms with E-state index in [0.717, 1.165) is 21.5 Å². The molecule has 2 aromatic rings. The van der Waals surface area contributed by atoms with E-state index in [0.29, 0.717) is 6.42 Å². The van der Waals surface area contributed by atoms with Gasteiger partial charge in [-0.25, -0.2) is 0 Å². The van der Waals surface area contributed by atoms with Crippen LogP contribution in [0.25, 0.3) is 10.9 Å². The summed E-state index contributed by atoms with van der Waals surface area (Å²) in [6, 6.07) is 11.4. The average Bonchev–Trinajstić information content (AvgIpc) is 2.74. The number of imide groups is 1. The molecule has 1 aliphatic rings. The Balaban J connectivity index is 1.78. The van der Waals surface area contributed by atoms with Crippen LogP contribution < -0.4 is 0 Å². The summed E-state index contributed by atoms with van der Waals surface area (Å²) < 4.78 is 0. The van der Waals surface area contributed by atoms with E-state index in [1.54, 1.807) is 0 Å². The molecule has 2 amide bonds. The molecule has 6 nitrogen and oxygen atoms in total. The number of rotatable bonds is 4. The van der Waals surface area contributed by atoms with Crippen molar-refractivity contribution in [2.75, 3.05) is 6.54 Å². The highest BCUT2D eigenvalue weighted by Crippen LogP contribution is 2.23. The summed E-state index contributed by atoms with van der Waals surface area (Å²) in [5, 5.41) is 9.75. The van der Waals surface area contributed by atoms with Gasteiger partial charge in [0.05, 0.1) is 11.4 Å². The van der Waals surface area contributed by atoms with Gasteiger partial charge >= 0.3 is 5.97 Å². The second kappa shape index (κ2) is 5.55. The van der Waals surface area contributed by atoms with E-state index in [-0.39, 0.29) is 6.42 Å². The van der Waals surface area contributed by atoms with Crippen LogP contribution in [-0.4, -0.2) is 39.3 Å². The minimum atomic E-state index is -1.19. The largest absolute Gasteiger partial charge is 0.480 e. The normalized spacial score (nSPS) is 18.2. The number of amides is 2. The van der Waals surface area contributed by atoms with Crippen LogP contribution in [0.3, 0.4) is 0 Å². The number of carbonyl (C=O) groups is 3. The minimum absolute atomic E-state index is 0.0423. The predicted octanol–water partition coefficient (Wildman–Crippen LogP) is 1.24. The van der Waals surface area contributed by atoms with Crippen molar-refractivity contribution in [3.63, 3.8) is 0 Å². The molecule has 0 aliphatic carbocycles. The smallest absolute Gasteiger partial charge is 0.323 e. The van der Waals surface area contributed by atoms with Gasteiger partial charge in [0, 0.05) is 23.9 Å². The number of carboxylic acids is 1. The zero-order valence-corrected chi connectivity index (χ0v) is 11.7. The number of para-hydroxylation sites is 1. The number of carbonyl (C=O) groups excluding carboxylic acids is 2. The number of aliphatic carboxylic acids is 1. The van der Waals surface area contributed by atoms with Crippen LogP contribution >= 0.6 is 0 Å². The third kappa shape index (κ3) is 2.67. The monoisotopic (exact) mass is 298 g/mol. The van der Waals surface area contributed by atoms with Gasteiger partial charge in [0.25, 0.3) is 0 Å². The van der Waals surface area contributed by atoms with Crippen molar-refractivity contribution in [3.8, 4) is 0 Å². The average molecular weight is 298 g/mol. The highest BCUT2D eigenvalue weighted by Gasteiger charge is 2.39. The number of likely N-dealkylation sites (tertiary alicyclic amines) is 1. The number of hydrogen-bond acceptors (Lipinski definition) is 4. The molecule has 0 bridgehead atoms. The molecule has 2 heterocycles. The Morgan fingerprint density at radius 2 is 2.00 bits per heavy atom. The third-order valence-electron chi connectivity index (χ3n) is 3.74. The van der Waals surface area contributed by atoms with Crippen molar-refractivity contribution in [2.24, 2.45) is 5.92 Å². The Labute approximate surface area is 126 Å². The molecule has 1 aromatic carbocycles. The van der Waals surface area contributed by atoms with Crippen molar-refractivity contribution < 1.29 is 19.5 Å². The first-order valence-electron chi connectivity index (χ1n) is 6.95. The number of aromatic nitrogens is 1. The van der Waals surface area contributed by atoms with Crippen molar-refractivity contribution in [1.29, 1.82) is 0 Å². The van der Waals surface area contributed by atoms with E-state index in [4.69, 9.17) is 5.11 Å². The summed E-state index contributed by atoms with van der Waals surface area (Å²) in [5.41, 5.74) is 1.56. The lowest BCUT2D eigenvalue weighted by molar-refractivity contribution is -0.149. The first-order chi connectivity index (χ1) is 10.5. The van der Waals surface area contributed by atoms with Crippen LogP contribution in [0.5, 0.6) is 0 Å². The van der Waals surface area contributed by atoms with Gasteiger partial charge in [-0.2, -0.15) is 0 Å². The molecule has 6 heteroatoms. The Bertz CT molecular complexity index is 772. The summed E-state index contributed by atoms with van der Waals surface area (Å²) in [7, 11) is 0. The standard InChI is InChI=1S/C16H14N2O4/c19-14-8-11(16(22)18(14)9-15(20)21)7-12-6-5-10-3-1-2-4-13(10)17-12/h1-6,11H,7-9H2,(H,20,21). The van der Waals surface area contributed by atoms with Crippen LogP contribution in [0.4, 0.5) is 0 Å². The van der Waals surface area contributed by atoms with Crippen LogP contribution in [0.15, 0.2) is 36.4 Å². The molecular formula is C16H14N2O4. The first kappa shape index (κ1) is 14.2. The van der Waals surface area contributed by atoms with E-state index in [1.807, 2.05) is 36.4 Å². The summed E-state index contributed by atoms with van der Waals surface area (Å²) in [6.07, 6.45) is 0.381. The van der Waals surface area contributed by atoms with Gasteiger partial charge in [0.2, 0.25) is 11.8 Å². The summed E-state index contributed by atoms with van der Waals surface area (Å²) in [4.78, 5) is 39.9. The lowest BCUT2D eigenvalue weighted by Gasteiger charge is -2.12. The van der Waals surface area contributed by atoms with Crippen LogP contribution in [0.1, 0.15) is 12.1 Å². The lowest BCUT2D eigenvalue weighted by atomic mass is 10.0. The summed E-state index contributed by atoms with van der Waals surface area (Å²) in [5.74, 6) is -2.58. The van der Waals surface area contributed by atoms with E-state index in [2.05, 4.69) is 4.98 Å². The van der Waals surface area contributed by atoms with Crippen LogP contribution in [-0.2, 0) is 20.8 Å². The first-order valence-corrected chi connectivity index (χ1v) is 6.95. The van der Waals surface area contributed by atoms with E-state index < -0.39 is 30.2 Å². The molecule has 0 spiro atoms. The topological polar surface area (TPSA) is 87.6 Å². The fourth-order valence-electron chi connectivity index (χ4n) is 2.69. The summed E-state index contributed by atoms with van der Waals surface area (Å²) in [6.45, 7) is -0.570. The van der Waals surface area contributed by atoms with E-state index in [9.17, 15) is 14.4 Å². The molecule has 1 aromatic heterocycles. The third-order valence-corrected chi connectivity index (χ3v) is 3.74. The Morgan fingerprint density at radius 1 is 1.23 bits per heavy atom. The number of benzene rings is 1. The Kier molecular flexibility index (Phi) is 3.58. The number of pyridine rings is 1. The number of hydrogen-bond donors (Lipinski definition) is 1. The molecule has 1 aliphatic heterocycles. The second-order valence-corrected chi connectivity index (χ2v) is 5.31. The highest BCUT2D eigenvalue weighted by molar-refractivity contribution is 6.05. The number of nitrogens with zero attached hydrogens (tertiary/aromatic N) is 2. The number of fused-ring (bicyclic) bond motifs is 1. The lowest BCUT2D eigenvalue weighted by Crippen LogP contribution is -2.35. The maximum atomic E-state index is 12.1. The van der Waals surface area contributed by atoms with Crippen molar-refractivity contribution in [3.05, 3.63) is 42.1 Å². The highest BCUT2D eigenvalue weighted by atomic mass is 16.4. The molecule has 3 rings (SSSR count). The minimum Gasteiger partial charge on any atom is -0.480 e. The van der Waals surface area contributed by atoms with Gasteiger partial charge in [0.1, 0.15) is 6.54 Å². The zero-order chi connectivity index (χ0) is 15.7. The summed E-state index contributed by atoms with van der Waals surface area (Å²) >= 11 is 0. The Hall–Kier alpha value is -2.76. The maximum absolute atomic E-state index is 12.1. The fraction of sp³-hybridized carbons (Fsp3) is 0.250. The SMILES string of the molecule is O=C(O)CN1C(=O)CC(Cc2ccc3ccccc3n2)C1=O. The molecule has 1 N–H and O–H groups in total. The van der Waals surface area contributed by atoms with Gasteiger partial charge < -0.3 is 5.11 Å². The van der Waals surface area contributed by atoms with Crippen molar-refractivity contribution in [1.82, 2.24) is 9.88 Å². The number of carboxylic acid groups (broad SMARTS) is 1. The van der Waals surface area contributed by atoms with Gasteiger partial charge in [-0.05, 0) is 12.1 Å². The molecule has 1 unspecified atom stereocenters. The zero-order valence-electron chi connectivity index (χ0n) is 11.7. The van der Waals surface area contributed by atoms with Gasteiger partial charge in [-0.1, -0.05) is 24.3 Å². The van der Waals surface area contributed by atoms with Crippen molar-refractivity contribution in [2.45, 2.75) is 12.8 Å². The molecule has 1 saturated heterocycles. The molecule has 22 heavy (non-hydrogen) atoms. The quantitative estimate of drug-likeness (QED) is 0.858. The maximum Gasteiger partial charge on any atom is 0.323 e. The molecule has 112 valence electrons. The molecule has 1 atom stereocenters. The van der Waals surface area contributed by atoms with E-state index >= 15 is 0 Å². The Morgan fingerprint density at radius 3 is 2.77 bits per heavy atom. The van der Waals surface area contributed by atoms with E-state index in [1.165, 1.54) is 0 Å². The van der Waals surface area contributed by atoms with Crippen molar-refractivity contribution >= 4 is 28.7 Å². The second-order valence-electron chi connectivity index (χ2n) is 5.31. The predicted molar refractivity (Wildman–Crippen MR) is 77.9 cm³/mol. The van der Waals surface area contributed by atoms with Gasteiger partial charge in [0.15, 0.2) is 0 Å². The van der Waals surface area contributed by atoms with Gasteiger partial charge in [-0.15, -0.1) is 0 Å². The molecular weight excluding hydrogens is 284 g/mol. The fourth-order valence-corrected chi connectivity index (χ4v) is 2.69.